The Balaban J connectivity index is 1.17. The Hall–Kier alpha value is -5.48. The quantitative estimate of drug-likeness (QED) is 0.0911. The molecule has 5 aromatic carbocycles. The molecule has 51 heavy (non-hydrogen) atoms. The number of anilines is 2. The molecule has 1 aromatic heterocycles. The number of aryl methyl sites for hydroxylation is 2. The van der Waals surface area contributed by atoms with Gasteiger partial charge in [0.1, 0.15) is 10.9 Å². The van der Waals surface area contributed by atoms with E-state index in [0.29, 0.717) is 27.0 Å². The summed E-state index contributed by atoms with van der Waals surface area (Å²) in [5.41, 5.74) is 5.55. The second kappa shape index (κ2) is 16.5. The average molecular weight is 729 g/mol. The van der Waals surface area contributed by atoms with Gasteiger partial charge in [-0.25, -0.2) is 4.98 Å². The summed E-state index contributed by atoms with van der Waals surface area (Å²) in [6.07, 6.45) is 1.59. The zero-order valence-electron chi connectivity index (χ0n) is 27.7. The van der Waals surface area contributed by atoms with E-state index < -0.39 is 17.1 Å². The summed E-state index contributed by atoms with van der Waals surface area (Å²) in [5, 5.41) is 9.20. The number of benzene rings is 5. The normalized spacial score (nSPS) is 11.8. The molecule has 3 N–H and O–H groups in total. The lowest BCUT2D eigenvalue weighted by molar-refractivity contribution is -0.116. The lowest BCUT2D eigenvalue weighted by atomic mass is 10.1. The molecule has 0 bridgehead atoms. The monoisotopic (exact) mass is 728 g/mol. The maximum atomic E-state index is 13.8. The van der Waals surface area contributed by atoms with Gasteiger partial charge in [-0.15, -0.1) is 23.1 Å². The molecular weight excluding hydrogens is 696 g/mol. The molecule has 10 heteroatoms. The smallest absolute Gasteiger partial charge is 0.272 e. The third-order valence-electron chi connectivity index (χ3n) is 7.77. The molecule has 0 radical (unpaired) electrons. The summed E-state index contributed by atoms with van der Waals surface area (Å²) < 4.78 is 0. The molecule has 1 atom stereocenters. The fourth-order valence-electron chi connectivity index (χ4n) is 5.12. The summed E-state index contributed by atoms with van der Waals surface area (Å²) >= 11 is 8.89. The third kappa shape index (κ3) is 9.40. The standard InChI is InChI=1S/C41H33ClN4O3S2/c1-26-13-17-29(18-14-26)36-27(2)50-41(45-36)46-40(49)37(30-9-5-3-6-10-30)51-34-23-21-33(22-24-34)43-39(48)35(25-28-15-19-32(42)20-16-28)44-38(47)31-11-7-4-8-12-31/h3-25,37H,1-2H3,(H,43,48)(H,44,47)(H,45,46,49)/b35-25-. The minimum Gasteiger partial charge on any atom is -0.321 e. The van der Waals surface area contributed by atoms with Crippen LogP contribution < -0.4 is 16.0 Å². The SMILES string of the molecule is Cc1ccc(-c2nc(NC(=O)C(Sc3ccc(NC(=O)/C(=C/c4ccc(Cl)cc4)NC(=O)c4ccccc4)cc3)c3ccccc3)sc2C)cc1. The van der Waals surface area contributed by atoms with E-state index in [2.05, 4.69) is 16.0 Å². The van der Waals surface area contributed by atoms with E-state index >= 15 is 0 Å². The Labute approximate surface area is 309 Å². The van der Waals surface area contributed by atoms with Crippen molar-refractivity contribution in [3.63, 3.8) is 0 Å². The van der Waals surface area contributed by atoms with E-state index in [-0.39, 0.29) is 11.6 Å². The van der Waals surface area contributed by atoms with Crippen LogP contribution in [-0.4, -0.2) is 22.7 Å². The van der Waals surface area contributed by atoms with Gasteiger partial charge in [0.05, 0.1) is 5.69 Å². The van der Waals surface area contributed by atoms with Gasteiger partial charge in [-0.2, -0.15) is 0 Å². The molecule has 0 saturated heterocycles. The summed E-state index contributed by atoms with van der Waals surface area (Å²) in [6, 6.07) is 40.6. The lowest BCUT2D eigenvalue weighted by Gasteiger charge is -2.17. The fraction of sp³-hybridized carbons (Fsp3) is 0.0732. The van der Waals surface area contributed by atoms with Crippen LogP contribution in [0.5, 0.6) is 0 Å². The zero-order chi connectivity index (χ0) is 35.7. The van der Waals surface area contributed by atoms with Gasteiger partial charge in [0.2, 0.25) is 5.91 Å². The Bertz CT molecular complexity index is 2170. The number of nitrogens with one attached hydrogen (secondary N) is 3. The number of amides is 3. The van der Waals surface area contributed by atoms with Gasteiger partial charge < -0.3 is 16.0 Å². The summed E-state index contributed by atoms with van der Waals surface area (Å²) in [7, 11) is 0. The predicted octanol–water partition coefficient (Wildman–Crippen LogP) is 9.96. The van der Waals surface area contributed by atoms with Gasteiger partial charge in [-0.05, 0) is 79.6 Å². The Morgan fingerprint density at radius 2 is 1.41 bits per heavy atom. The first kappa shape index (κ1) is 35.3. The number of hydrogen-bond donors (Lipinski definition) is 3. The zero-order valence-corrected chi connectivity index (χ0v) is 30.1. The Morgan fingerprint density at radius 1 is 0.765 bits per heavy atom. The molecule has 0 aliphatic carbocycles. The summed E-state index contributed by atoms with van der Waals surface area (Å²) in [4.78, 5) is 46.9. The second-order valence-electron chi connectivity index (χ2n) is 11.6. The van der Waals surface area contributed by atoms with Crippen LogP contribution in [0.2, 0.25) is 5.02 Å². The van der Waals surface area contributed by atoms with E-state index in [1.54, 1.807) is 66.7 Å². The van der Waals surface area contributed by atoms with Crippen LogP contribution in [-0.2, 0) is 9.59 Å². The van der Waals surface area contributed by atoms with Crippen molar-refractivity contribution in [1.82, 2.24) is 10.3 Å². The number of thiazole rings is 1. The highest BCUT2D eigenvalue weighted by atomic mass is 35.5. The van der Waals surface area contributed by atoms with Crippen LogP contribution in [0.4, 0.5) is 10.8 Å². The molecule has 3 amide bonds. The number of aromatic nitrogens is 1. The van der Waals surface area contributed by atoms with Crippen molar-refractivity contribution in [3.8, 4) is 11.3 Å². The van der Waals surface area contributed by atoms with Gasteiger partial charge in [-0.3, -0.25) is 14.4 Å². The third-order valence-corrected chi connectivity index (χ3v) is 10.2. The van der Waals surface area contributed by atoms with Gasteiger partial charge in [0.25, 0.3) is 11.8 Å². The van der Waals surface area contributed by atoms with Gasteiger partial charge in [0, 0.05) is 31.6 Å². The van der Waals surface area contributed by atoms with Crippen molar-refractivity contribution >= 4 is 69.3 Å². The second-order valence-corrected chi connectivity index (χ2v) is 14.4. The molecule has 0 saturated carbocycles. The van der Waals surface area contributed by atoms with Crippen LogP contribution in [0.15, 0.2) is 144 Å². The van der Waals surface area contributed by atoms with Gasteiger partial charge >= 0.3 is 0 Å². The molecule has 0 spiro atoms. The topological polar surface area (TPSA) is 100 Å². The molecule has 0 fully saturated rings. The first-order valence-corrected chi connectivity index (χ1v) is 18.1. The number of halogens is 1. The number of thioether (sulfide) groups is 1. The molecule has 0 aliphatic heterocycles. The van der Waals surface area contributed by atoms with Crippen molar-refractivity contribution in [2.75, 3.05) is 10.6 Å². The minimum absolute atomic E-state index is 0.0633. The molecule has 6 aromatic rings. The molecule has 0 aliphatic rings. The van der Waals surface area contributed by atoms with Crippen LogP contribution in [0.3, 0.4) is 0 Å². The van der Waals surface area contributed by atoms with Crippen molar-refractivity contribution < 1.29 is 14.4 Å². The Kier molecular flexibility index (Phi) is 11.4. The largest absolute Gasteiger partial charge is 0.321 e. The molecular formula is C41H33ClN4O3S2. The minimum atomic E-state index is -0.569. The maximum Gasteiger partial charge on any atom is 0.272 e. The van der Waals surface area contributed by atoms with Crippen LogP contribution in [0.25, 0.3) is 17.3 Å². The molecule has 1 heterocycles. The first-order valence-electron chi connectivity index (χ1n) is 16.0. The Morgan fingerprint density at radius 3 is 2.08 bits per heavy atom. The first-order chi connectivity index (χ1) is 24.7. The average Bonchev–Trinajstić information content (AvgIpc) is 3.51. The van der Waals surface area contributed by atoms with Gasteiger partial charge in [0.15, 0.2) is 5.13 Å². The number of nitrogens with zero attached hydrogens (tertiary/aromatic N) is 1. The highest BCUT2D eigenvalue weighted by Gasteiger charge is 2.24. The van der Waals surface area contributed by atoms with Gasteiger partial charge in [-0.1, -0.05) is 102 Å². The number of hydrogen-bond acceptors (Lipinski definition) is 6. The molecule has 1 unspecified atom stereocenters. The summed E-state index contributed by atoms with van der Waals surface area (Å²) in [5.74, 6) is -1.11. The maximum absolute atomic E-state index is 13.8. The molecule has 254 valence electrons. The van der Waals surface area contributed by atoms with E-state index in [4.69, 9.17) is 16.6 Å². The predicted molar refractivity (Wildman–Crippen MR) is 209 cm³/mol. The van der Waals surface area contributed by atoms with Crippen molar-refractivity contribution in [2.24, 2.45) is 0 Å². The highest BCUT2D eigenvalue weighted by Crippen LogP contribution is 2.38. The lowest BCUT2D eigenvalue weighted by Crippen LogP contribution is -2.30. The van der Waals surface area contributed by atoms with Crippen molar-refractivity contribution in [1.29, 1.82) is 0 Å². The van der Waals surface area contributed by atoms with Crippen LogP contribution >= 0.6 is 34.7 Å². The molecule has 6 rings (SSSR count). The molecule has 7 nitrogen and oxygen atoms in total. The highest BCUT2D eigenvalue weighted by molar-refractivity contribution is 8.00. The van der Waals surface area contributed by atoms with E-state index in [9.17, 15) is 14.4 Å². The van der Waals surface area contributed by atoms with Crippen LogP contribution in [0, 0.1) is 13.8 Å². The van der Waals surface area contributed by atoms with Crippen molar-refractivity contribution in [2.45, 2.75) is 24.0 Å². The van der Waals surface area contributed by atoms with E-state index in [1.165, 1.54) is 28.7 Å². The van der Waals surface area contributed by atoms with Crippen LogP contribution in [0.1, 0.15) is 37.2 Å². The number of carbonyl (C=O) groups is 3. The fourth-order valence-corrected chi connectivity index (χ4v) is 7.11. The number of carbonyl (C=O) groups excluding carboxylic acids is 3. The number of rotatable bonds is 11. The summed E-state index contributed by atoms with van der Waals surface area (Å²) in [6.45, 7) is 4.04. The van der Waals surface area contributed by atoms with E-state index in [0.717, 1.165) is 26.6 Å². The van der Waals surface area contributed by atoms with E-state index in [1.807, 2.05) is 86.6 Å². The van der Waals surface area contributed by atoms with Crippen molar-refractivity contribution in [3.05, 3.63) is 171 Å².